The summed E-state index contributed by atoms with van der Waals surface area (Å²) in [6.45, 7) is 3.06. The number of rotatable bonds is 4. The summed E-state index contributed by atoms with van der Waals surface area (Å²) in [6.07, 6.45) is 2.77. The predicted octanol–water partition coefficient (Wildman–Crippen LogP) is 3.50. The van der Waals surface area contributed by atoms with E-state index < -0.39 is 17.7 Å². The van der Waals surface area contributed by atoms with Gasteiger partial charge >= 0.3 is 0 Å². The van der Waals surface area contributed by atoms with Gasteiger partial charge in [0.1, 0.15) is 18.0 Å². The largest absolute Gasteiger partial charge is 0.390 e. The van der Waals surface area contributed by atoms with Gasteiger partial charge in [-0.15, -0.1) is 0 Å². The summed E-state index contributed by atoms with van der Waals surface area (Å²) in [4.78, 5) is 13.0. The number of hydrogen-bond donors (Lipinski definition) is 2. The smallest absolute Gasteiger partial charge is 0.160 e. The molecule has 0 saturated carbocycles. The lowest BCUT2D eigenvalue weighted by Crippen LogP contribution is -2.55. The number of benzene rings is 2. The van der Waals surface area contributed by atoms with E-state index in [1.165, 1.54) is 23.5 Å². The Hall–Kier alpha value is -3.10. The molecule has 1 fully saturated rings. The monoisotopic (exact) mass is 437 g/mol. The second-order valence-corrected chi connectivity index (χ2v) is 8.37. The maximum atomic E-state index is 13.5. The lowest BCUT2D eigenvalue weighted by Gasteiger charge is -2.43. The van der Waals surface area contributed by atoms with E-state index in [0.717, 1.165) is 44.6 Å². The maximum absolute atomic E-state index is 13.5. The Labute approximate surface area is 185 Å². The van der Waals surface area contributed by atoms with Gasteiger partial charge in [-0.3, -0.25) is 4.90 Å². The standard InChI is InChI=1S/C24H25F2N5O/c25-19-6-5-18(11-20(19)26)29-23-12-24(28-15-27-23)31-10-8-21(22(32)14-31)30-9-7-16-3-1-2-4-17(16)13-30/h1-6,11-12,15,21-22,32H,7-10,13-14H2,(H,27,28,29)/t21-,22-/m1/s1. The van der Waals surface area contributed by atoms with Crippen LogP contribution in [0.4, 0.5) is 26.1 Å². The SMILES string of the molecule is O[C@@H]1CN(c2cc(Nc3ccc(F)c(F)c3)ncn2)CC[C@H]1N1CCc2ccccc2C1. The van der Waals surface area contributed by atoms with Crippen molar-refractivity contribution in [2.75, 3.05) is 29.9 Å². The third-order valence-electron chi connectivity index (χ3n) is 6.34. The van der Waals surface area contributed by atoms with Gasteiger partial charge in [0.15, 0.2) is 11.6 Å². The number of piperidine rings is 1. The second-order valence-electron chi connectivity index (χ2n) is 8.37. The number of β-amino-alcohol motifs (C(OH)–C–C–N with tert-alkyl or cyclic N) is 1. The molecule has 8 heteroatoms. The van der Waals surface area contributed by atoms with Crippen molar-refractivity contribution in [3.05, 3.63) is 77.6 Å². The van der Waals surface area contributed by atoms with Crippen LogP contribution in [-0.4, -0.2) is 51.8 Å². The van der Waals surface area contributed by atoms with Crippen molar-refractivity contribution in [3.63, 3.8) is 0 Å². The number of anilines is 3. The van der Waals surface area contributed by atoms with E-state index in [0.29, 0.717) is 23.9 Å². The molecule has 0 aliphatic carbocycles. The van der Waals surface area contributed by atoms with Gasteiger partial charge in [-0.1, -0.05) is 24.3 Å². The Morgan fingerprint density at radius 1 is 0.969 bits per heavy atom. The fourth-order valence-corrected chi connectivity index (χ4v) is 4.66. The lowest BCUT2D eigenvalue weighted by atomic mass is 9.94. The van der Waals surface area contributed by atoms with Crippen LogP contribution in [0.15, 0.2) is 54.9 Å². The zero-order valence-electron chi connectivity index (χ0n) is 17.6. The highest BCUT2D eigenvalue weighted by Crippen LogP contribution is 2.28. The molecule has 0 spiro atoms. The molecule has 32 heavy (non-hydrogen) atoms. The molecule has 0 unspecified atom stereocenters. The first-order valence-electron chi connectivity index (χ1n) is 10.8. The van der Waals surface area contributed by atoms with Crippen LogP contribution in [0.25, 0.3) is 0 Å². The number of nitrogens with one attached hydrogen (secondary N) is 1. The van der Waals surface area contributed by atoms with Crippen LogP contribution >= 0.6 is 0 Å². The number of aliphatic hydroxyl groups excluding tert-OH is 1. The first-order chi connectivity index (χ1) is 15.6. The van der Waals surface area contributed by atoms with Crippen LogP contribution in [0.5, 0.6) is 0 Å². The molecule has 2 atom stereocenters. The molecular weight excluding hydrogens is 412 g/mol. The number of nitrogens with zero attached hydrogens (tertiary/aromatic N) is 4. The van der Waals surface area contributed by atoms with Gasteiger partial charge in [0.05, 0.1) is 6.10 Å². The van der Waals surface area contributed by atoms with Gasteiger partial charge < -0.3 is 15.3 Å². The minimum absolute atomic E-state index is 0.112. The summed E-state index contributed by atoms with van der Waals surface area (Å²) in [5.74, 6) is -0.653. The molecule has 2 N–H and O–H groups in total. The average molecular weight is 437 g/mol. The highest BCUT2D eigenvalue weighted by atomic mass is 19.2. The molecule has 1 aromatic heterocycles. The van der Waals surface area contributed by atoms with Crippen molar-refractivity contribution < 1.29 is 13.9 Å². The van der Waals surface area contributed by atoms with Crippen molar-refractivity contribution in [3.8, 4) is 0 Å². The number of aliphatic hydroxyl groups is 1. The summed E-state index contributed by atoms with van der Waals surface area (Å²) >= 11 is 0. The van der Waals surface area contributed by atoms with E-state index in [2.05, 4.69) is 44.5 Å². The second kappa shape index (κ2) is 8.80. The predicted molar refractivity (Wildman–Crippen MR) is 119 cm³/mol. The maximum Gasteiger partial charge on any atom is 0.160 e. The molecule has 0 bridgehead atoms. The third-order valence-corrected chi connectivity index (χ3v) is 6.34. The number of fused-ring (bicyclic) bond motifs is 1. The topological polar surface area (TPSA) is 64.5 Å². The van der Waals surface area contributed by atoms with E-state index in [1.807, 2.05) is 4.90 Å². The third kappa shape index (κ3) is 4.28. The van der Waals surface area contributed by atoms with Crippen molar-refractivity contribution in [2.45, 2.75) is 31.5 Å². The van der Waals surface area contributed by atoms with Crippen LogP contribution in [0, 0.1) is 11.6 Å². The molecule has 0 radical (unpaired) electrons. The van der Waals surface area contributed by atoms with Crippen molar-refractivity contribution in [2.24, 2.45) is 0 Å². The normalized spacial score (nSPS) is 21.3. The quantitative estimate of drug-likeness (QED) is 0.652. The van der Waals surface area contributed by atoms with Gasteiger partial charge in [0.25, 0.3) is 0 Å². The molecule has 0 amide bonds. The van der Waals surface area contributed by atoms with Crippen LogP contribution in [0.2, 0.25) is 0 Å². The summed E-state index contributed by atoms with van der Waals surface area (Å²) in [5.41, 5.74) is 3.15. The van der Waals surface area contributed by atoms with Gasteiger partial charge in [-0.2, -0.15) is 0 Å². The van der Waals surface area contributed by atoms with Crippen molar-refractivity contribution >= 4 is 17.3 Å². The van der Waals surface area contributed by atoms with Crippen molar-refractivity contribution in [1.29, 1.82) is 0 Å². The van der Waals surface area contributed by atoms with E-state index in [4.69, 9.17) is 0 Å². The molecule has 2 aliphatic rings. The van der Waals surface area contributed by atoms with E-state index >= 15 is 0 Å². The Balaban J connectivity index is 1.25. The minimum atomic E-state index is -0.921. The highest BCUT2D eigenvalue weighted by Gasteiger charge is 2.34. The van der Waals surface area contributed by atoms with E-state index in [1.54, 1.807) is 6.07 Å². The molecule has 1 saturated heterocycles. The van der Waals surface area contributed by atoms with Crippen LogP contribution in [-0.2, 0) is 13.0 Å². The highest BCUT2D eigenvalue weighted by molar-refractivity contribution is 5.59. The van der Waals surface area contributed by atoms with Gasteiger partial charge in [0.2, 0.25) is 0 Å². The van der Waals surface area contributed by atoms with Crippen molar-refractivity contribution in [1.82, 2.24) is 14.9 Å². The number of halogens is 2. The summed E-state index contributed by atoms with van der Waals surface area (Å²) < 4.78 is 26.6. The van der Waals surface area contributed by atoms with E-state index in [-0.39, 0.29) is 6.04 Å². The molecule has 6 nitrogen and oxygen atoms in total. The Kier molecular flexibility index (Phi) is 5.71. The van der Waals surface area contributed by atoms with Crippen LogP contribution < -0.4 is 10.2 Å². The summed E-state index contributed by atoms with van der Waals surface area (Å²) in [7, 11) is 0. The number of hydrogen-bond acceptors (Lipinski definition) is 6. The Bertz CT molecular complexity index is 1110. The molecule has 5 rings (SSSR count). The van der Waals surface area contributed by atoms with Gasteiger partial charge in [0, 0.05) is 50.0 Å². The molecular formula is C24H25F2N5O. The molecule has 3 aromatic rings. The van der Waals surface area contributed by atoms with Crippen LogP contribution in [0.3, 0.4) is 0 Å². The lowest BCUT2D eigenvalue weighted by molar-refractivity contribution is 0.0293. The average Bonchev–Trinajstić information content (AvgIpc) is 2.81. The molecule has 2 aromatic carbocycles. The van der Waals surface area contributed by atoms with Gasteiger partial charge in [-0.25, -0.2) is 18.7 Å². The van der Waals surface area contributed by atoms with Gasteiger partial charge in [-0.05, 0) is 36.1 Å². The Morgan fingerprint density at radius 2 is 1.81 bits per heavy atom. The molecule has 2 aliphatic heterocycles. The van der Waals surface area contributed by atoms with Crippen LogP contribution in [0.1, 0.15) is 17.5 Å². The summed E-state index contributed by atoms with van der Waals surface area (Å²) in [6, 6.07) is 14.0. The zero-order chi connectivity index (χ0) is 22.1. The number of aromatic nitrogens is 2. The van der Waals surface area contributed by atoms with E-state index in [9.17, 15) is 13.9 Å². The minimum Gasteiger partial charge on any atom is -0.390 e. The fourth-order valence-electron chi connectivity index (χ4n) is 4.66. The molecule has 166 valence electrons. The first-order valence-corrected chi connectivity index (χ1v) is 10.8. The fraction of sp³-hybridized carbons (Fsp3) is 0.333. The first kappa shape index (κ1) is 20.8. The summed E-state index contributed by atoms with van der Waals surface area (Å²) in [5, 5.41) is 13.9. The Morgan fingerprint density at radius 3 is 2.62 bits per heavy atom. The molecule has 3 heterocycles. The zero-order valence-corrected chi connectivity index (χ0v) is 17.6.